The number of hydrogen-bond donors (Lipinski definition) is 1. The van der Waals surface area contributed by atoms with Gasteiger partial charge >= 0.3 is 0 Å². The summed E-state index contributed by atoms with van der Waals surface area (Å²) >= 11 is 0. The molecule has 2 nitrogen and oxygen atoms in total. The van der Waals surface area contributed by atoms with Crippen molar-refractivity contribution in [2.24, 2.45) is 5.92 Å². The minimum atomic E-state index is -0.139. The van der Waals surface area contributed by atoms with Gasteiger partial charge in [0.15, 0.2) is 5.78 Å². The van der Waals surface area contributed by atoms with Crippen molar-refractivity contribution >= 4 is 5.78 Å². The Hall–Kier alpha value is -0.630. The summed E-state index contributed by atoms with van der Waals surface area (Å²) in [7, 11) is 0. The fraction of sp³-hybridized carbons (Fsp3) is 0.625. The summed E-state index contributed by atoms with van der Waals surface area (Å²) in [6, 6.07) is 0. The SMILES string of the molecule is CC1=C(C)C(=O)C(CO)C1. The van der Waals surface area contributed by atoms with Gasteiger partial charge in [0.25, 0.3) is 0 Å². The number of carbonyl (C=O) groups excluding carboxylic acids is 1. The molecule has 0 saturated heterocycles. The quantitative estimate of drug-likeness (QED) is 0.587. The largest absolute Gasteiger partial charge is 0.396 e. The van der Waals surface area contributed by atoms with E-state index < -0.39 is 0 Å². The Morgan fingerprint density at radius 3 is 2.40 bits per heavy atom. The van der Waals surface area contributed by atoms with Crippen LogP contribution in [0.5, 0.6) is 0 Å². The van der Waals surface area contributed by atoms with E-state index in [1.54, 1.807) is 0 Å². The Labute approximate surface area is 60.6 Å². The molecule has 2 heteroatoms. The Morgan fingerprint density at radius 1 is 1.60 bits per heavy atom. The van der Waals surface area contributed by atoms with E-state index in [2.05, 4.69) is 0 Å². The molecule has 0 heterocycles. The van der Waals surface area contributed by atoms with Gasteiger partial charge in [0.2, 0.25) is 0 Å². The Bertz CT molecular complexity index is 191. The molecule has 0 aliphatic heterocycles. The van der Waals surface area contributed by atoms with Crippen molar-refractivity contribution in [3.8, 4) is 0 Å². The molecule has 0 amide bonds. The second-order valence-corrected chi connectivity index (χ2v) is 2.85. The summed E-state index contributed by atoms with van der Waals surface area (Å²) in [5.41, 5.74) is 1.98. The minimum absolute atomic E-state index is 0.00644. The summed E-state index contributed by atoms with van der Waals surface area (Å²) in [5, 5.41) is 8.72. The highest BCUT2D eigenvalue weighted by molar-refractivity contribution is 5.99. The van der Waals surface area contributed by atoms with Crippen LogP contribution in [0.1, 0.15) is 20.3 Å². The van der Waals surface area contributed by atoms with E-state index in [-0.39, 0.29) is 18.3 Å². The fourth-order valence-corrected chi connectivity index (χ4v) is 1.28. The Balaban J connectivity index is 2.77. The number of rotatable bonds is 1. The first kappa shape index (κ1) is 7.48. The summed E-state index contributed by atoms with van der Waals surface area (Å²) in [4.78, 5) is 11.1. The monoisotopic (exact) mass is 140 g/mol. The van der Waals surface area contributed by atoms with Crippen LogP contribution in [0.3, 0.4) is 0 Å². The van der Waals surface area contributed by atoms with Crippen molar-refractivity contribution in [2.75, 3.05) is 6.61 Å². The van der Waals surface area contributed by atoms with Crippen LogP contribution in [0.25, 0.3) is 0 Å². The molecule has 56 valence electrons. The average Bonchev–Trinajstić information content (AvgIpc) is 2.17. The lowest BCUT2D eigenvalue weighted by Crippen LogP contribution is -2.12. The minimum Gasteiger partial charge on any atom is -0.396 e. The molecule has 1 aliphatic carbocycles. The van der Waals surface area contributed by atoms with Crippen LogP contribution in [0, 0.1) is 5.92 Å². The molecule has 1 unspecified atom stereocenters. The lowest BCUT2D eigenvalue weighted by atomic mass is 10.1. The van der Waals surface area contributed by atoms with Gasteiger partial charge in [-0.2, -0.15) is 0 Å². The summed E-state index contributed by atoms with van der Waals surface area (Å²) in [5.74, 6) is -0.0139. The van der Waals surface area contributed by atoms with E-state index in [0.717, 1.165) is 17.6 Å². The third-order valence-electron chi connectivity index (χ3n) is 2.15. The van der Waals surface area contributed by atoms with Gasteiger partial charge in [-0.15, -0.1) is 0 Å². The summed E-state index contributed by atoms with van der Waals surface area (Å²) in [6.07, 6.45) is 0.751. The van der Waals surface area contributed by atoms with Gasteiger partial charge in [0, 0.05) is 5.92 Å². The van der Waals surface area contributed by atoms with E-state index in [0.29, 0.717) is 0 Å². The lowest BCUT2D eigenvalue weighted by molar-refractivity contribution is -0.119. The van der Waals surface area contributed by atoms with Gasteiger partial charge in [0.1, 0.15) is 0 Å². The highest BCUT2D eigenvalue weighted by atomic mass is 16.3. The number of Topliss-reactive ketones (excluding diaryl/α,β-unsaturated/α-hetero) is 1. The molecular weight excluding hydrogens is 128 g/mol. The van der Waals surface area contributed by atoms with Crippen molar-refractivity contribution in [1.82, 2.24) is 0 Å². The van der Waals surface area contributed by atoms with Gasteiger partial charge in [-0.3, -0.25) is 4.79 Å². The number of allylic oxidation sites excluding steroid dienone is 2. The van der Waals surface area contributed by atoms with E-state index >= 15 is 0 Å². The maximum absolute atomic E-state index is 11.1. The summed E-state index contributed by atoms with van der Waals surface area (Å²) in [6.45, 7) is 3.77. The molecule has 0 bridgehead atoms. The number of carbonyl (C=O) groups is 1. The van der Waals surface area contributed by atoms with E-state index in [1.807, 2.05) is 13.8 Å². The number of aliphatic hydroxyl groups is 1. The van der Waals surface area contributed by atoms with Crippen molar-refractivity contribution in [3.63, 3.8) is 0 Å². The van der Waals surface area contributed by atoms with Crippen molar-refractivity contribution in [1.29, 1.82) is 0 Å². The first-order valence-corrected chi connectivity index (χ1v) is 3.48. The zero-order valence-corrected chi connectivity index (χ0v) is 6.35. The number of hydrogen-bond acceptors (Lipinski definition) is 2. The molecule has 0 aromatic heterocycles. The Kier molecular flexibility index (Phi) is 1.90. The van der Waals surface area contributed by atoms with Gasteiger partial charge in [-0.1, -0.05) is 5.57 Å². The van der Waals surface area contributed by atoms with Crippen LogP contribution in [-0.4, -0.2) is 17.5 Å². The average molecular weight is 140 g/mol. The summed E-state index contributed by atoms with van der Waals surface area (Å²) < 4.78 is 0. The first-order chi connectivity index (χ1) is 4.66. The van der Waals surface area contributed by atoms with Gasteiger partial charge in [0.05, 0.1) is 6.61 Å². The van der Waals surface area contributed by atoms with Gasteiger partial charge < -0.3 is 5.11 Å². The van der Waals surface area contributed by atoms with E-state index in [9.17, 15) is 4.79 Å². The fourth-order valence-electron chi connectivity index (χ4n) is 1.28. The molecule has 0 aromatic rings. The molecule has 0 aromatic carbocycles. The molecule has 1 aliphatic rings. The molecule has 0 saturated carbocycles. The van der Waals surface area contributed by atoms with Crippen LogP contribution in [0.4, 0.5) is 0 Å². The predicted octanol–water partition coefficient (Wildman–Crippen LogP) is 0.904. The first-order valence-electron chi connectivity index (χ1n) is 3.48. The molecular formula is C8H12O2. The maximum atomic E-state index is 11.1. The van der Waals surface area contributed by atoms with Crippen LogP contribution in [0.15, 0.2) is 11.1 Å². The second-order valence-electron chi connectivity index (χ2n) is 2.85. The standard InChI is InChI=1S/C8H12O2/c1-5-3-7(4-9)8(10)6(5)2/h7,9H,3-4H2,1-2H3. The van der Waals surface area contributed by atoms with Crippen molar-refractivity contribution < 1.29 is 9.90 Å². The molecule has 10 heavy (non-hydrogen) atoms. The van der Waals surface area contributed by atoms with Crippen LogP contribution in [0.2, 0.25) is 0 Å². The number of aliphatic hydroxyl groups excluding tert-OH is 1. The smallest absolute Gasteiger partial charge is 0.164 e. The molecule has 0 spiro atoms. The molecule has 1 N–H and O–H groups in total. The zero-order chi connectivity index (χ0) is 7.72. The zero-order valence-electron chi connectivity index (χ0n) is 6.35. The van der Waals surface area contributed by atoms with E-state index in [4.69, 9.17) is 5.11 Å². The Morgan fingerprint density at radius 2 is 2.20 bits per heavy atom. The second kappa shape index (κ2) is 2.54. The molecule has 0 fully saturated rings. The third-order valence-corrected chi connectivity index (χ3v) is 2.15. The van der Waals surface area contributed by atoms with Crippen molar-refractivity contribution in [3.05, 3.63) is 11.1 Å². The van der Waals surface area contributed by atoms with Gasteiger partial charge in [-0.05, 0) is 25.8 Å². The topological polar surface area (TPSA) is 37.3 Å². The molecule has 1 atom stereocenters. The maximum Gasteiger partial charge on any atom is 0.164 e. The van der Waals surface area contributed by atoms with E-state index in [1.165, 1.54) is 0 Å². The molecule has 1 rings (SSSR count). The predicted molar refractivity (Wildman–Crippen MR) is 38.6 cm³/mol. The lowest BCUT2D eigenvalue weighted by Gasteiger charge is -2.01. The van der Waals surface area contributed by atoms with Crippen molar-refractivity contribution in [2.45, 2.75) is 20.3 Å². The van der Waals surface area contributed by atoms with Crippen LogP contribution >= 0.6 is 0 Å². The highest BCUT2D eigenvalue weighted by Crippen LogP contribution is 2.26. The van der Waals surface area contributed by atoms with Crippen LogP contribution < -0.4 is 0 Å². The van der Waals surface area contributed by atoms with Gasteiger partial charge in [-0.25, -0.2) is 0 Å². The normalized spacial score (nSPS) is 26.3. The van der Waals surface area contributed by atoms with Crippen LogP contribution in [-0.2, 0) is 4.79 Å². The molecule has 0 radical (unpaired) electrons. The highest BCUT2D eigenvalue weighted by Gasteiger charge is 2.27. The third kappa shape index (κ3) is 0.991. The number of ketones is 1.